The highest BCUT2D eigenvalue weighted by Crippen LogP contribution is 2.26. The van der Waals surface area contributed by atoms with Crippen molar-refractivity contribution in [2.45, 2.75) is 31.1 Å². The zero-order valence-corrected chi connectivity index (χ0v) is 23.6. The van der Waals surface area contributed by atoms with Crippen molar-refractivity contribution in [3.63, 3.8) is 0 Å². The third-order valence-electron chi connectivity index (χ3n) is 6.41. The second kappa shape index (κ2) is 12.6. The fourth-order valence-electron chi connectivity index (χ4n) is 4.15. The number of fused-ring (bicyclic) bond motifs is 1. The summed E-state index contributed by atoms with van der Waals surface area (Å²) in [4.78, 5) is 17.4. The number of hydrogen-bond acceptors (Lipinski definition) is 5. The molecule has 0 amide bonds. The number of halogens is 3. The molecule has 218 valence electrons. The number of benzene rings is 4. The van der Waals surface area contributed by atoms with Gasteiger partial charge in [0.2, 0.25) is 0 Å². The Bertz CT molecular complexity index is 1780. The standard InChI is InChI=1S/C29H27N3O2S.C2HF3O2/c1-20-4-3-5-27-28(20)32-29(31-27)25-14-12-24(13-15-25)23-10-6-21(7-11-23)18-30-19-22-8-16-26(17-9-22)35(2,33)34;3-2(4,5)1(6)7/h3-17,30H,18-19H2,1-2H3,(H,31,32);(H,6,7). The van der Waals surface area contributed by atoms with Gasteiger partial charge in [-0.05, 0) is 52.9 Å². The van der Waals surface area contributed by atoms with Crippen LogP contribution in [0.15, 0.2) is 95.9 Å². The molecule has 0 saturated carbocycles. The van der Waals surface area contributed by atoms with Crippen molar-refractivity contribution < 1.29 is 31.5 Å². The quantitative estimate of drug-likeness (QED) is 0.197. The number of H-pyrrole nitrogens is 1. The zero-order valence-electron chi connectivity index (χ0n) is 22.7. The van der Waals surface area contributed by atoms with Crippen molar-refractivity contribution in [1.82, 2.24) is 15.3 Å². The summed E-state index contributed by atoms with van der Waals surface area (Å²) < 4.78 is 54.9. The fourth-order valence-corrected chi connectivity index (χ4v) is 4.78. The van der Waals surface area contributed by atoms with Crippen molar-refractivity contribution in [3.8, 4) is 22.5 Å². The van der Waals surface area contributed by atoms with Gasteiger partial charge in [0.15, 0.2) is 9.84 Å². The number of imidazole rings is 1. The largest absolute Gasteiger partial charge is 0.490 e. The highest BCUT2D eigenvalue weighted by molar-refractivity contribution is 7.90. The lowest BCUT2D eigenvalue weighted by atomic mass is 10.0. The topological polar surface area (TPSA) is 112 Å². The monoisotopic (exact) mass is 595 g/mol. The molecule has 0 aliphatic rings. The Morgan fingerprint density at radius 3 is 1.79 bits per heavy atom. The predicted molar refractivity (Wildman–Crippen MR) is 155 cm³/mol. The minimum absolute atomic E-state index is 0.345. The number of aryl methyl sites for hydroxylation is 1. The van der Waals surface area contributed by atoms with Gasteiger partial charge in [-0.1, -0.05) is 72.8 Å². The Balaban J connectivity index is 0.000000517. The van der Waals surface area contributed by atoms with Crippen molar-refractivity contribution in [2.24, 2.45) is 0 Å². The number of aromatic nitrogens is 2. The van der Waals surface area contributed by atoms with Crippen molar-refractivity contribution in [1.29, 1.82) is 0 Å². The first kappa shape index (κ1) is 30.5. The third-order valence-corrected chi connectivity index (χ3v) is 7.54. The number of para-hydroxylation sites is 1. The first-order valence-corrected chi connectivity index (χ1v) is 14.7. The number of hydrogen-bond donors (Lipinski definition) is 3. The number of carboxylic acid groups (broad SMARTS) is 1. The summed E-state index contributed by atoms with van der Waals surface area (Å²) in [5.74, 6) is -1.87. The predicted octanol–water partition coefficient (Wildman–Crippen LogP) is 6.53. The molecule has 0 aliphatic heterocycles. The summed E-state index contributed by atoms with van der Waals surface area (Å²) in [5.41, 5.74) is 8.87. The molecule has 0 radical (unpaired) electrons. The third kappa shape index (κ3) is 7.83. The number of sulfone groups is 1. The van der Waals surface area contributed by atoms with E-state index >= 15 is 0 Å². The van der Waals surface area contributed by atoms with Gasteiger partial charge in [0, 0.05) is 24.9 Å². The van der Waals surface area contributed by atoms with E-state index in [0.29, 0.717) is 11.4 Å². The molecule has 42 heavy (non-hydrogen) atoms. The molecule has 0 fully saturated rings. The van der Waals surface area contributed by atoms with Crippen LogP contribution in [0.3, 0.4) is 0 Å². The van der Waals surface area contributed by atoms with Gasteiger partial charge in [0.05, 0.1) is 15.9 Å². The Morgan fingerprint density at radius 1 is 0.833 bits per heavy atom. The lowest BCUT2D eigenvalue weighted by Gasteiger charge is -2.08. The average Bonchev–Trinajstić information content (AvgIpc) is 3.39. The number of alkyl halides is 3. The molecule has 1 aromatic heterocycles. The molecule has 0 spiro atoms. The van der Waals surface area contributed by atoms with E-state index in [2.05, 4.69) is 77.9 Å². The first-order valence-electron chi connectivity index (χ1n) is 12.8. The maximum atomic E-state index is 11.6. The van der Waals surface area contributed by atoms with Gasteiger partial charge in [0.1, 0.15) is 5.82 Å². The van der Waals surface area contributed by atoms with Crippen LogP contribution in [0, 0.1) is 6.92 Å². The number of nitrogens with one attached hydrogen (secondary N) is 2. The Morgan fingerprint density at radius 2 is 1.31 bits per heavy atom. The molecule has 0 aliphatic carbocycles. The average molecular weight is 596 g/mol. The summed E-state index contributed by atoms with van der Waals surface area (Å²) in [6.07, 6.45) is -3.86. The maximum Gasteiger partial charge on any atom is 0.490 e. The van der Waals surface area contributed by atoms with Crippen LogP contribution in [-0.2, 0) is 27.7 Å². The molecule has 0 bridgehead atoms. The summed E-state index contributed by atoms with van der Waals surface area (Å²) >= 11 is 0. The van der Waals surface area contributed by atoms with Gasteiger partial charge in [-0.25, -0.2) is 18.2 Å². The van der Waals surface area contributed by atoms with Crippen molar-refractivity contribution in [3.05, 3.63) is 108 Å². The summed E-state index contributed by atoms with van der Waals surface area (Å²) in [5, 5.41) is 10.5. The first-order chi connectivity index (χ1) is 19.8. The molecule has 0 atom stereocenters. The summed E-state index contributed by atoms with van der Waals surface area (Å²) in [6.45, 7) is 3.49. The molecular formula is C31H28F3N3O4S. The molecular weight excluding hydrogens is 567 g/mol. The highest BCUT2D eigenvalue weighted by Gasteiger charge is 2.38. The lowest BCUT2D eigenvalue weighted by Crippen LogP contribution is -2.21. The number of aromatic amines is 1. The van der Waals surface area contributed by atoms with Crippen LogP contribution in [0.25, 0.3) is 33.5 Å². The smallest absolute Gasteiger partial charge is 0.475 e. The molecule has 1 heterocycles. The van der Waals surface area contributed by atoms with Crippen molar-refractivity contribution in [2.75, 3.05) is 6.26 Å². The van der Waals surface area contributed by atoms with Crippen molar-refractivity contribution >= 4 is 26.8 Å². The molecule has 0 unspecified atom stereocenters. The SMILES string of the molecule is Cc1cccc2[nH]c(-c3ccc(-c4ccc(CNCc5ccc(S(C)(=O)=O)cc5)cc4)cc3)nc12.O=C(O)C(F)(F)F. The van der Waals surface area contributed by atoms with Crippen LogP contribution in [0.4, 0.5) is 13.2 Å². The van der Waals surface area contributed by atoms with E-state index in [-0.39, 0.29) is 0 Å². The summed E-state index contributed by atoms with van der Waals surface area (Å²) in [7, 11) is -3.16. The summed E-state index contributed by atoms with van der Waals surface area (Å²) in [6, 6.07) is 30.2. The van der Waals surface area contributed by atoms with Gasteiger partial charge < -0.3 is 15.4 Å². The molecule has 5 aromatic rings. The van der Waals surface area contributed by atoms with E-state index in [9.17, 15) is 21.6 Å². The Kier molecular flexibility index (Phi) is 9.13. The van der Waals surface area contributed by atoms with Crippen LogP contribution in [0.5, 0.6) is 0 Å². The van der Waals surface area contributed by atoms with Gasteiger partial charge in [-0.3, -0.25) is 0 Å². The molecule has 11 heteroatoms. The van der Waals surface area contributed by atoms with E-state index in [1.165, 1.54) is 17.4 Å². The van der Waals surface area contributed by atoms with E-state index in [0.717, 1.165) is 45.7 Å². The van der Waals surface area contributed by atoms with Gasteiger partial charge in [-0.2, -0.15) is 13.2 Å². The van der Waals surface area contributed by atoms with Crippen LogP contribution < -0.4 is 5.32 Å². The number of carboxylic acids is 1. The maximum absolute atomic E-state index is 11.6. The molecule has 4 aromatic carbocycles. The fraction of sp³-hybridized carbons (Fsp3) is 0.161. The second-order valence-electron chi connectivity index (χ2n) is 9.65. The minimum Gasteiger partial charge on any atom is -0.475 e. The minimum atomic E-state index is -5.08. The van der Waals surface area contributed by atoms with Crippen LogP contribution in [0.1, 0.15) is 16.7 Å². The molecule has 3 N–H and O–H groups in total. The number of nitrogens with zero attached hydrogens (tertiary/aromatic N) is 1. The zero-order chi connectivity index (χ0) is 30.5. The van der Waals surface area contributed by atoms with Crippen LogP contribution in [-0.4, -0.2) is 41.9 Å². The van der Waals surface area contributed by atoms with E-state index in [4.69, 9.17) is 14.9 Å². The van der Waals surface area contributed by atoms with Gasteiger partial charge in [-0.15, -0.1) is 0 Å². The van der Waals surface area contributed by atoms with Gasteiger partial charge >= 0.3 is 12.1 Å². The second-order valence-corrected chi connectivity index (χ2v) is 11.7. The molecule has 0 saturated heterocycles. The van der Waals surface area contributed by atoms with E-state index in [1.54, 1.807) is 12.1 Å². The van der Waals surface area contributed by atoms with Crippen LogP contribution in [0.2, 0.25) is 0 Å². The van der Waals surface area contributed by atoms with E-state index in [1.807, 2.05) is 18.2 Å². The Hall–Kier alpha value is -4.48. The lowest BCUT2D eigenvalue weighted by molar-refractivity contribution is -0.192. The van der Waals surface area contributed by atoms with E-state index < -0.39 is 22.0 Å². The highest BCUT2D eigenvalue weighted by atomic mass is 32.2. The number of aliphatic carboxylic acids is 1. The normalized spacial score (nSPS) is 11.6. The Labute approximate surface area is 241 Å². The molecule has 7 nitrogen and oxygen atoms in total. The van der Waals surface area contributed by atoms with Gasteiger partial charge in [0.25, 0.3) is 0 Å². The number of rotatable bonds is 7. The number of carbonyl (C=O) groups is 1. The molecule has 5 rings (SSSR count). The van der Waals surface area contributed by atoms with Crippen LogP contribution >= 0.6 is 0 Å².